The van der Waals surface area contributed by atoms with Crippen molar-refractivity contribution < 1.29 is 23.8 Å². The third-order valence-electron chi connectivity index (χ3n) is 2.85. The van der Waals surface area contributed by atoms with Gasteiger partial charge in [-0.1, -0.05) is 19.9 Å². The van der Waals surface area contributed by atoms with Crippen molar-refractivity contribution in [1.29, 1.82) is 0 Å². The molecule has 2 rings (SSSR count). The topological polar surface area (TPSA) is 75.6 Å². The van der Waals surface area contributed by atoms with Gasteiger partial charge in [-0.3, -0.25) is 4.79 Å². The van der Waals surface area contributed by atoms with Crippen molar-refractivity contribution in [2.75, 3.05) is 11.9 Å². The molecule has 0 bridgehead atoms. The van der Waals surface area contributed by atoms with Gasteiger partial charge in [0, 0.05) is 5.38 Å². The Bertz CT molecular complexity index is 727. The number of aromatic carboxylic acids is 1. The molecule has 122 valence electrons. The van der Waals surface area contributed by atoms with Gasteiger partial charge in [0.2, 0.25) is 0 Å². The number of hydrogen-bond acceptors (Lipinski definition) is 4. The third kappa shape index (κ3) is 4.29. The molecule has 0 aliphatic heterocycles. The molecule has 2 N–H and O–H groups in total. The lowest BCUT2D eigenvalue weighted by molar-refractivity contribution is 0.0702. The number of carboxylic acids is 1. The summed E-state index contributed by atoms with van der Waals surface area (Å²) in [7, 11) is 0. The zero-order chi connectivity index (χ0) is 17.0. The molecule has 5 nitrogen and oxygen atoms in total. The molecule has 1 amide bonds. The monoisotopic (exact) mass is 337 g/mol. The molecule has 1 aromatic carbocycles. The highest BCUT2D eigenvalue weighted by molar-refractivity contribution is 7.12. The first kappa shape index (κ1) is 17.0. The van der Waals surface area contributed by atoms with Crippen molar-refractivity contribution in [2.45, 2.75) is 13.8 Å². The summed E-state index contributed by atoms with van der Waals surface area (Å²) in [4.78, 5) is 23.1. The van der Waals surface area contributed by atoms with Crippen LogP contribution in [0.15, 0.2) is 29.6 Å². The molecule has 0 saturated heterocycles. The van der Waals surface area contributed by atoms with Gasteiger partial charge in [0.25, 0.3) is 5.91 Å². The summed E-state index contributed by atoms with van der Waals surface area (Å²) in [5.74, 6) is -2.01. The lowest BCUT2D eigenvalue weighted by Gasteiger charge is -2.14. The Hall–Kier alpha value is -2.41. The van der Waals surface area contributed by atoms with Crippen molar-refractivity contribution in [1.82, 2.24) is 0 Å². The van der Waals surface area contributed by atoms with Gasteiger partial charge in [-0.15, -0.1) is 11.3 Å². The number of nitrogens with one attached hydrogen (secondary N) is 1. The highest BCUT2D eigenvalue weighted by Gasteiger charge is 2.16. The number of benzene rings is 1. The van der Waals surface area contributed by atoms with Crippen LogP contribution in [0.2, 0.25) is 0 Å². The van der Waals surface area contributed by atoms with E-state index in [2.05, 4.69) is 5.32 Å². The van der Waals surface area contributed by atoms with E-state index in [9.17, 15) is 14.0 Å². The first-order chi connectivity index (χ1) is 10.9. The van der Waals surface area contributed by atoms with E-state index in [1.54, 1.807) is 0 Å². The second-order valence-electron chi connectivity index (χ2n) is 5.28. The molecule has 0 spiro atoms. The van der Waals surface area contributed by atoms with Gasteiger partial charge in [0.1, 0.15) is 4.88 Å². The minimum absolute atomic E-state index is 0.0248. The maximum absolute atomic E-state index is 13.9. The lowest BCUT2D eigenvalue weighted by atomic mass is 10.2. The number of carbonyl (C=O) groups is 2. The van der Waals surface area contributed by atoms with E-state index in [1.807, 2.05) is 13.8 Å². The fraction of sp³-hybridized carbons (Fsp3) is 0.250. The summed E-state index contributed by atoms with van der Waals surface area (Å²) in [5, 5.41) is 12.9. The molecule has 0 aliphatic rings. The standard InChI is InChI=1S/C16H16FNO4S/c1-9(2)7-22-14-11(17)4-3-5-12(14)18-15(19)10-6-13(16(20)21)23-8-10/h3-6,8-9H,7H2,1-2H3,(H,18,19)(H,20,21). The van der Waals surface area contributed by atoms with E-state index in [0.29, 0.717) is 6.61 Å². The number of halogens is 1. The van der Waals surface area contributed by atoms with Crippen LogP contribution in [0, 0.1) is 11.7 Å². The van der Waals surface area contributed by atoms with Crippen molar-refractivity contribution in [3.8, 4) is 5.75 Å². The first-order valence-electron chi connectivity index (χ1n) is 6.93. The molecule has 0 radical (unpaired) electrons. The first-order valence-corrected chi connectivity index (χ1v) is 7.81. The highest BCUT2D eigenvalue weighted by Crippen LogP contribution is 2.29. The Morgan fingerprint density at radius 2 is 2.13 bits per heavy atom. The normalized spacial score (nSPS) is 10.6. The number of hydrogen-bond donors (Lipinski definition) is 2. The number of ether oxygens (including phenoxy) is 1. The largest absolute Gasteiger partial charge is 0.488 e. The summed E-state index contributed by atoms with van der Waals surface area (Å²) in [6, 6.07) is 5.51. The molecule has 23 heavy (non-hydrogen) atoms. The van der Waals surface area contributed by atoms with Crippen LogP contribution in [0.4, 0.5) is 10.1 Å². The Morgan fingerprint density at radius 3 is 2.74 bits per heavy atom. The minimum Gasteiger partial charge on any atom is -0.488 e. The van der Waals surface area contributed by atoms with Gasteiger partial charge in [-0.05, 0) is 24.1 Å². The molecule has 0 fully saturated rings. The second-order valence-corrected chi connectivity index (χ2v) is 6.19. The molecule has 2 aromatic rings. The molecule has 1 aromatic heterocycles. The van der Waals surface area contributed by atoms with Crippen LogP contribution in [0.1, 0.15) is 33.9 Å². The molecule has 0 aliphatic carbocycles. The number of thiophene rings is 1. The van der Waals surface area contributed by atoms with Gasteiger partial charge >= 0.3 is 5.97 Å². The summed E-state index contributed by atoms with van der Waals surface area (Å²) in [6.45, 7) is 4.17. The Labute approximate surface area is 136 Å². The average Bonchev–Trinajstić information content (AvgIpc) is 2.96. The van der Waals surface area contributed by atoms with Crippen molar-refractivity contribution >= 4 is 28.9 Å². The highest BCUT2D eigenvalue weighted by atomic mass is 32.1. The number of anilines is 1. The summed E-state index contributed by atoms with van der Waals surface area (Å²) in [6.07, 6.45) is 0. The van der Waals surface area contributed by atoms with Crippen molar-refractivity contribution in [3.63, 3.8) is 0 Å². The second kappa shape index (κ2) is 7.23. The fourth-order valence-electron chi connectivity index (χ4n) is 1.77. The number of para-hydroxylation sites is 1. The van der Waals surface area contributed by atoms with Gasteiger partial charge in [0.05, 0.1) is 17.9 Å². The van der Waals surface area contributed by atoms with E-state index < -0.39 is 17.7 Å². The smallest absolute Gasteiger partial charge is 0.345 e. The van der Waals surface area contributed by atoms with Crippen LogP contribution in [-0.4, -0.2) is 23.6 Å². The minimum atomic E-state index is -1.10. The molecular formula is C16H16FNO4S. The maximum atomic E-state index is 13.9. The van der Waals surface area contributed by atoms with E-state index in [-0.39, 0.29) is 27.8 Å². The van der Waals surface area contributed by atoms with Crippen LogP contribution in [0.3, 0.4) is 0 Å². The Balaban J connectivity index is 2.19. The summed E-state index contributed by atoms with van der Waals surface area (Å²) in [5.41, 5.74) is 0.408. The molecule has 7 heteroatoms. The van der Waals surface area contributed by atoms with Crippen LogP contribution < -0.4 is 10.1 Å². The SMILES string of the molecule is CC(C)COc1c(F)cccc1NC(=O)c1csc(C(=O)O)c1. The Morgan fingerprint density at radius 1 is 1.39 bits per heavy atom. The van der Waals surface area contributed by atoms with E-state index in [4.69, 9.17) is 9.84 Å². The quantitative estimate of drug-likeness (QED) is 0.839. The van der Waals surface area contributed by atoms with Crippen LogP contribution in [0.5, 0.6) is 5.75 Å². The van der Waals surface area contributed by atoms with E-state index in [0.717, 1.165) is 11.3 Å². The van der Waals surface area contributed by atoms with Crippen molar-refractivity contribution in [2.24, 2.45) is 5.92 Å². The zero-order valence-electron chi connectivity index (χ0n) is 12.6. The van der Waals surface area contributed by atoms with Gasteiger partial charge in [0.15, 0.2) is 11.6 Å². The predicted molar refractivity (Wildman–Crippen MR) is 86.0 cm³/mol. The molecule has 1 heterocycles. The Kier molecular flexibility index (Phi) is 5.33. The summed E-state index contributed by atoms with van der Waals surface area (Å²) >= 11 is 0.952. The van der Waals surface area contributed by atoms with Crippen LogP contribution in [-0.2, 0) is 0 Å². The van der Waals surface area contributed by atoms with Crippen molar-refractivity contribution in [3.05, 3.63) is 45.9 Å². The maximum Gasteiger partial charge on any atom is 0.345 e. The molecule has 0 saturated carbocycles. The number of amides is 1. The number of carboxylic acid groups (broad SMARTS) is 1. The van der Waals surface area contributed by atoms with Gasteiger partial charge in [-0.25, -0.2) is 9.18 Å². The van der Waals surface area contributed by atoms with Crippen LogP contribution >= 0.6 is 11.3 Å². The van der Waals surface area contributed by atoms with E-state index in [1.165, 1.54) is 29.6 Å². The fourth-order valence-corrected chi connectivity index (χ4v) is 2.49. The number of rotatable bonds is 6. The number of carbonyl (C=O) groups excluding carboxylic acids is 1. The predicted octanol–water partition coefficient (Wildman–Crippen LogP) is 3.87. The third-order valence-corrected chi connectivity index (χ3v) is 3.77. The zero-order valence-corrected chi connectivity index (χ0v) is 13.4. The average molecular weight is 337 g/mol. The van der Waals surface area contributed by atoms with E-state index >= 15 is 0 Å². The molecule has 0 unspecified atom stereocenters. The molecule has 0 atom stereocenters. The van der Waals surface area contributed by atoms with Gasteiger partial charge < -0.3 is 15.2 Å². The van der Waals surface area contributed by atoms with Crippen LogP contribution in [0.25, 0.3) is 0 Å². The van der Waals surface area contributed by atoms with Gasteiger partial charge in [-0.2, -0.15) is 0 Å². The molecular weight excluding hydrogens is 321 g/mol. The summed E-state index contributed by atoms with van der Waals surface area (Å²) < 4.78 is 19.3. The lowest BCUT2D eigenvalue weighted by Crippen LogP contribution is -2.14.